The number of hydrogen-bond acceptors (Lipinski definition) is 3. The van der Waals surface area contributed by atoms with Gasteiger partial charge in [0.2, 0.25) is 5.91 Å². The van der Waals surface area contributed by atoms with E-state index in [-0.39, 0.29) is 5.91 Å². The van der Waals surface area contributed by atoms with E-state index in [1.807, 2.05) is 19.2 Å². The van der Waals surface area contributed by atoms with Gasteiger partial charge < -0.3 is 15.4 Å². The molecule has 0 saturated heterocycles. The van der Waals surface area contributed by atoms with Crippen LogP contribution in [-0.2, 0) is 4.79 Å². The first-order valence-electron chi connectivity index (χ1n) is 6.71. The number of carbonyl (C=O) groups excluding carboxylic acids is 1. The standard InChI is InChI=1S/C15H24N2O2/c1-12(2)7-9-17(3)15(18)8-10-19-14-6-4-5-13(16)11-14/h4-6,11-12H,7-10,16H2,1-3H3. The zero-order valence-corrected chi connectivity index (χ0v) is 12.1. The molecule has 0 fully saturated rings. The molecular weight excluding hydrogens is 240 g/mol. The van der Waals surface area contributed by atoms with Crippen molar-refractivity contribution in [2.75, 3.05) is 25.9 Å². The van der Waals surface area contributed by atoms with E-state index in [4.69, 9.17) is 10.5 Å². The quantitative estimate of drug-likeness (QED) is 0.770. The largest absolute Gasteiger partial charge is 0.493 e. The predicted molar refractivity (Wildman–Crippen MR) is 78.1 cm³/mol. The lowest BCUT2D eigenvalue weighted by molar-refractivity contribution is -0.130. The molecule has 1 aromatic carbocycles. The molecule has 0 heterocycles. The number of carbonyl (C=O) groups is 1. The lowest BCUT2D eigenvalue weighted by Gasteiger charge is -2.18. The van der Waals surface area contributed by atoms with Crippen molar-refractivity contribution < 1.29 is 9.53 Å². The minimum absolute atomic E-state index is 0.115. The fourth-order valence-electron chi connectivity index (χ4n) is 1.63. The lowest BCUT2D eigenvalue weighted by atomic mass is 10.1. The Hall–Kier alpha value is -1.71. The highest BCUT2D eigenvalue weighted by atomic mass is 16.5. The van der Waals surface area contributed by atoms with Crippen molar-refractivity contribution in [1.82, 2.24) is 4.90 Å². The maximum Gasteiger partial charge on any atom is 0.225 e. The summed E-state index contributed by atoms with van der Waals surface area (Å²) in [5.41, 5.74) is 6.32. The normalized spacial score (nSPS) is 10.5. The molecule has 0 bridgehead atoms. The minimum atomic E-state index is 0.115. The monoisotopic (exact) mass is 264 g/mol. The summed E-state index contributed by atoms with van der Waals surface area (Å²) in [6.07, 6.45) is 1.42. The molecule has 0 radical (unpaired) electrons. The molecule has 0 spiro atoms. The SMILES string of the molecule is CC(C)CCN(C)C(=O)CCOc1cccc(N)c1. The number of amides is 1. The fourth-order valence-corrected chi connectivity index (χ4v) is 1.63. The van der Waals surface area contributed by atoms with Crippen molar-refractivity contribution >= 4 is 11.6 Å². The molecule has 1 aromatic rings. The third-order valence-electron chi connectivity index (χ3n) is 2.91. The van der Waals surface area contributed by atoms with E-state index >= 15 is 0 Å². The molecule has 0 aliphatic rings. The number of benzene rings is 1. The fraction of sp³-hybridized carbons (Fsp3) is 0.533. The molecule has 106 valence electrons. The first-order chi connectivity index (χ1) is 8.99. The second kappa shape index (κ2) is 7.67. The molecule has 0 saturated carbocycles. The number of nitrogens with two attached hydrogens (primary N) is 1. The molecule has 1 amide bonds. The van der Waals surface area contributed by atoms with Gasteiger partial charge in [0, 0.05) is 25.3 Å². The van der Waals surface area contributed by atoms with E-state index in [1.165, 1.54) is 0 Å². The second-order valence-corrected chi connectivity index (χ2v) is 5.17. The smallest absolute Gasteiger partial charge is 0.225 e. The molecule has 0 aliphatic heterocycles. The average molecular weight is 264 g/mol. The topological polar surface area (TPSA) is 55.6 Å². The van der Waals surface area contributed by atoms with Crippen LogP contribution in [0.1, 0.15) is 26.7 Å². The number of rotatable bonds is 7. The van der Waals surface area contributed by atoms with Gasteiger partial charge >= 0.3 is 0 Å². The van der Waals surface area contributed by atoms with E-state index in [1.54, 1.807) is 17.0 Å². The van der Waals surface area contributed by atoms with Crippen LogP contribution in [0.5, 0.6) is 5.75 Å². The van der Waals surface area contributed by atoms with Crippen LogP contribution in [0, 0.1) is 5.92 Å². The summed E-state index contributed by atoms with van der Waals surface area (Å²) < 4.78 is 5.51. The molecular formula is C15H24N2O2. The summed E-state index contributed by atoms with van der Waals surface area (Å²) >= 11 is 0. The average Bonchev–Trinajstić information content (AvgIpc) is 2.35. The van der Waals surface area contributed by atoms with Gasteiger partial charge in [0.05, 0.1) is 13.0 Å². The van der Waals surface area contributed by atoms with Crippen LogP contribution in [0.15, 0.2) is 24.3 Å². The van der Waals surface area contributed by atoms with E-state index in [9.17, 15) is 4.79 Å². The Morgan fingerprint density at radius 3 is 2.79 bits per heavy atom. The Kier molecular flexibility index (Phi) is 6.19. The van der Waals surface area contributed by atoms with Crippen LogP contribution in [0.3, 0.4) is 0 Å². The van der Waals surface area contributed by atoms with E-state index in [0.717, 1.165) is 13.0 Å². The van der Waals surface area contributed by atoms with Gasteiger partial charge in [-0.15, -0.1) is 0 Å². The van der Waals surface area contributed by atoms with Gasteiger partial charge in [-0.2, -0.15) is 0 Å². The number of ether oxygens (including phenoxy) is 1. The van der Waals surface area contributed by atoms with Crippen LogP contribution in [0.25, 0.3) is 0 Å². The maximum atomic E-state index is 11.8. The van der Waals surface area contributed by atoms with Crippen LogP contribution >= 0.6 is 0 Å². The predicted octanol–water partition coefficient (Wildman–Crippen LogP) is 2.54. The van der Waals surface area contributed by atoms with Gasteiger partial charge in [-0.25, -0.2) is 0 Å². The molecule has 0 unspecified atom stereocenters. The zero-order chi connectivity index (χ0) is 14.3. The van der Waals surface area contributed by atoms with Crippen LogP contribution in [0.2, 0.25) is 0 Å². The van der Waals surface area contributed by atoms with Crippen LogP contribution < -0.4 is 10.5 Å². The molecule has 1 rings (SSSR count). The van der Waals surface area contributed by atoms with Crippen LogP contribution in [-0.4, -0.2) is 31.0 Å². The molecule has 4 heteroatoms. The van der Waals surface area contributed by atoms with E-state index in [0.29, 0.717) is 30.4 Å². The number of nitrogen functional groups attached to an aromatic ring is 1. The van der Waals surface area contributed by atoms with Crippen molar-refractivity contribution in [3.63, 3.8) is 0 Å². The summed E-state index contributed by atoms with van der Waals surface area (Å²) in [5, 5.41) is 0. The molecule has 0 aliphatic carbocycles. The summed E-state index contributed by atoms with van der Waals surface area (Å²) in [7, 11) is 1.84. The van der Waals surface area contributed by atoms with Gasteiger partial charge in [-0.3, -0.25) is 4.79 Å². The third kappa shape index (κ3) is 6.13. The van der Waals surface area contributed by atoms with E-state index in [2.05, 4.69) is 13.8 Å². The molecule has 2 N–H and O–H groups in total. The van der Waals surface area contributed by atoms with E-state index < -0.39 is 0 Å². The Bertz CT molecular complexity index is 405. The lowest BCUT2D eigenvalue weighted by Crippen LogP contribution is -2.29. The van der Waals surface area contributed by atoms with Gasteiger partial charge in [-0.1, -0.05) is 19.9 Å². The van der Waals surface area contributed by atoms with Crippen molar-refractivity contribution in [3.05, 3.63) is 24.3 Å². The Labute approximate surface area is 115 Å². The maximum absolute atomic E-state index is 11.8. The third-order valence-corrected chi connectivity index (χ3v) is 2.91. The Morgan fingerprint density at radius 1 is 1.42 bits per heavy atom. The van der Waals surface area contributed by atoms with Crippen molar-refractivity contribution in [2.24, 2.45) is 5.92 Å². The molecule has 4 nitrogen and oxygen atoms in total. The zero-order valence-electron chi connectivity index (χ0n) is 12.1. The number of nitrogens with zero attached hydrogens (tertiary/aromatic N) is 1. The van der Waals surface area contributed by atoms with Crippen molar-refractivity contribution in [3.8, 4) is 5.75 Å². The van der Waals surface area contributed by atoms with Crippen LogP contribution in [0.4, 0.5) is 5.69 Å². The summed E-state index contributed by atoms with van der Waals surface area (Å²) in [6.45, 7) is 5.49. The van der Waals surface area contributed by atoms with Gasteiger partial charge in [0.1, 0.15) is 5.75 Å². The molecule has 0 atom stereocenters. The molecule has 0 aromatic heterocycles. The van der Waals surface area contributed by atoms with Crippen molar-refractivity contribution in [2.45, 2.75) is 26.7 Å². The highest BCUT2D eigenvalue weighted by Gasteiger charge is 2.09. The Morgan fingerprint density at radius 2 is 2.16 bits per heavy atom. The summed E-state index contributed by atoms with van der Waals surface area (Å²) in [4.78, 5) is 13.6. The van der Waals surface area contributed by atoms with Crippen molar-refractivity contribution in [1.29, 1.82) is 0 Å². The van der Waals surface area contributed by atoms with Gasteiger partial charge in [0.15, 0.2) is 0 Å². The first kappa shape index (κ1) is 15.3. The Balaban J connectivity index is 2.26. The number of hydrogen-bond donors (Lipinski definition) is 1. The summed E-state index contributed by atoms with van der Waals surface area (Å²) in [6, 6.07) is 7.23. The highest BCUT2D eigenvalue weighted by Crippen LogP contribution is 2.14. The number of anilines is 1. The minimum Gasteiger partial charge on any atom is -0.493 e. The van der Waals surface area contributed by atoms with Gasteiger partial charge in [0.25, 0.3) is 0 Å². The summed E-state index contributed by atoms with van der Waals surface area (Å²) in [5.74, 6) is 1.43. The molecule has 19 heavy (non-hydrogen) atoms. The van der Waals surface area contributed by atoms with Gasteiger partial charge in [-0.05, 0) is 24.5 Å². The second-order valence-electron chi connectivity index (χ2n) is 5.17. The highest BCUT2D eigenvalue weighted by molar-refractivity contribution is 5.75. The first-order valence-corrected chi connectivity index (χ1v) is 6.71.